The number of aromatic amines is 1. The molecule has 2 N–H and O–H groups in total. The number of amides is 3. The van der Waals surface area contributed by atoms with Gasteiger partial charge >= 0.3 is 6.03 Å². The molecule has 1 fully saturated rings. The fraction of sp³-hybridized carbons (Fsp3) is 0.348. The highest BCUT2D eigenvalue weighted by atomic mass is 16.2. The maximum absolute atomic E-state index is 12.9. The third kappa shape index (κ3) is 3.30. The van der Waals surface area contributed by atoms with Gasteiger partial charge in [0.1, 0.15) is 6.04 Å². The second-order valence-corrected chi connectivity index (χ2v) is 8.16. The fourth-order valence-electron chi connectivity index (χ4n) is 4.47. The number of benzene rings is 1. The number of aryl methyl sites for hydroxylation is 1. The van der Waals surface area contributed by atoms with E-state index in [2.05, 4.69) is 28.7 Å². The Bertz CT molecular complexity index is 1150. The van der Waals surface area contributed by atoms with Crippen LogP contribution in [-0.2, 0) is 11.2 Å². The van der Waals surface area contributed by atoms with Crippen LogP contribution in [0.15, 0.2) is 36.5 Å². The highest BCUT2D eigenvalue weighted by molar-refractivity contribution is 6.09. The van der Waals surface area contributed by atoms with Gasteiger partial charge in [-0.3, -0.25) is 14.5 Å². The van der Waals surface area contributed by atoms with Gasteiger partial charge in [-0.15, -0.1) is 0 Å². The van der Waals surface area contributed by atoms with E-state index in [1.807, 2.05) is 50.4 Å². The second-order valence-electron chi connectivity index (χ2n) is 8.16. The number of hydrogen-bond donors (Lipinski definition) is 2. The first kappa shape index (κ1) is 19.9. The van der Waals surface area contributed by atoms with Crippen LogP contribution in [0.3, 0.4) is 0 Å². The van der Waals surface area contributed by atoms with Gasteiger partial charge in [0.15, 0.2) is 5.78 Å². The van der Waals surface area contributed by atoms with Gasteiger partial charge in [-0.1, -0.05) is 18.2 Å². The Morgan fingerprint density at radius 3 is 2.60 bits per heavy atom. The number of Topliss-reactive ketones (excluding diaryl/α,β-unsaturated/α-hetero) is 1. The number of fused-ring (bicyclic) bond motifs is 1. The van der Waals surface area contributed by atoms with Crippen LogP contribution in [0.2, 0.25) is 0 Å². The summed E-state index contributed by atoms with van der Waals surface area (Å²) in [7, 11) is 0. The average molecular weight is 406 g/mol. The van der Waals surface area contributed by atoms with Gasteiger partial charge < -0.3 is 14.9 Å². The molecule has 0 bridgehead atoms. The number of ketones is 1. The first-order chi connectivity index (χ1) is 14.3. The molecule has 2 aromatic heterocycles. The largest absolute Gasteiger partial charge is 0.361 e. The maximum Gasteiger partial charge on any atom is 0.325 e. The fourth-order valence-corrected chi connectivity index (χ4v) is 4.47. The Kier molecular flexibility index (Phi) is 4.97. The molecular formula is C23H26N4O3. The van der Waals surface area contributed by atoms with Gasteiger partial charge in [0.25, 0.3) is 5.91 Å². The van der Waals surface area contributed by atoms with Crippen molar-refractivity contribution in [3.05, 3.63) is 59.0 Å². The molecule has 0 spiro atoms. The van der Waals surface area contributed by atoms with Crippen LogP contribution in [-0.4, -0.2) is 44.8 Å². The van der Waals surface area contributed by atoms with Gasteiger partial charge in [-0.05, 0) is 45.4 Å². The zero-order chi connectivity index (χ0) is 21.6. The summed E-state index contributed by atoms with van der Waals surface area (Å²) in [5, 5.41) is 3.75. The molecule has 3 heterocycles. The van der Waals surface area contributed by atoms with Crippen molar-refractivity contribution < 1.29 is 14.4 Å². The Morgan fingerprint density at radius 2 is 1.90 bits per heavy atom. The van der Waals surface area contributed by atoms with Crippen molar-refractivity contribution in [2.45, 2.75) is 46.2 Å². The lowest BCUT2D eigenvalue weighted by Gasteiger charge is -2.15. The van der Waals surface area contributed by atoms with Gasteiger partial charge in [-0.2, -0.15) is 0 Å². The van der Waals surface area contributed by atoms with E-state index < -0.39 is 12.1 Å². The summed E-state index contributed by atoms with van der Waals surface area (Å²) in [5.74, 6) is -0.595. The number of rotatable bonds is 6. The van der Waals surface area contributed by atoms with E-state index in [-0.39, 0.29) is 24.3 Å². The standard InChI is InChI=1S/C23H26N4O3/c1-13(2)27-14(3)9-18(15(27)4)21(28)12-26-22(29)20(25-23(26)30)10-16-11-24-19-8-6-5-7-17(16)19/h5-9,11,13,20,24H,10,12H2,1-4H3,(H,25,30)/t20-/m1/s1. The monoisotopic (exact) mass is 406 g/mol. The number of carbonyl (C=O) groups is 3. The highest BCUT2D eigenvalue weighted by Gasteiger charge is 2.39. The first-order valence-corrected chi connectivity index (χ1v) is 10.2. The zero-order valence-electron chi connectivity index (χ0n) is 17.7. The van der Waals surface area contributed by atoms with Crippen molar-refractivity contribution in [1.82, 2.24) is 19.8 Å². The molecule has 1 aliphatic rings. The molecule has 4 rings (SSSR count). The van der Waals surface area contributed by atoms with Crippen molar-refractivity contribution >= 4 is 28.6 Å². The van der Waals surface area contributed by atoms with Crippen molar-refractivity contribution in [3.63, 3.8) is 0 Å². The molecule has 30 heavy (non-hydrogen) atoms. The van der Waals surface area contributed by atoms with E-state index in [1.165, 1.54) is 0 Å². The molecule has 7 heteroatoms. The minimum Gasteiger partial charge on any atom is -0.361 e. The summed E-state index contributed by atoms with van der Waals surface area (Å²) in [6.07, 6.45) is 2.24. The Labute approximate surface area is 175 Å². The summed E-state index contributed by atoms with van der Waals surface area (Å²) >= 11 is 0. The predicted octanol–water partition coefficient (Wildman–Crippen LogP) is 3.51. The summed E-state index contributed by atoms with van der Waals surface area (Å²) in [5.41, 5.74) is 4.34. The van der Waals surface area contributed by atoms with E-state index in [0.717, 1.165) is 32.8 Å². The minimum atomic E-state index is -0.674. The smallest absolute Gasteiger partial charge is 0.325 e. The molecule has 7 nitrogen and oxygen atoms in total. The highest BCUT2D eigenvalue weighted by Crippen LogP contribution is 2.23. The molecule has 1 saturated heterocycles. The molecule has 1 aromatic carbocycles. The number of nitrogens with one attached hydrogen (secondary N) is 2. The van der Waals surface area contributed by atoms with Crippen LogP contribution in [0, 0.1) is 13.8 Å². The summed E-state index contributed by atoms with van der Waals surface area (Å²) in [6, 6.07) is 8.69. The summed E-state index contributed by atoms with van der Waals surface area (Å²) in [6.45, 7) is 7.71. The topological polar surface area (TPSA) is 87.2 Å². The van der Waals surface area contributed by atoms with Crippen molar-refractivity contribution in [3.8, 4) is 0 Å². The molecule has 0 radical (unpaired) electrons. The molecule has 3 amide bonds. The normalized spacial score (nSPS) is 16.7. The molecule has 0 unspecified atom stereocenters. The van der Waals surface area contributed by atoms with Gasteiger partial charge in [0.05, 0.1) is 6.54 Å². The van der Waals surface area contributed by atoms with E-state index in [1.54, 1.807) is 0 Å². The maximum atomic E-state index is 12.9. The van der Waals surface area contributed by atoms with Crippen LogP contribution in [0.4, 0.5) is 4.79 Å². The van der Waals surface area contributed by atoms with E-state index in [0.29, 0.717) is 12.0 Å². The lowest BCUT2D eigenvalue weighted by Crippen LogP contribution is -2.36. The predicted molar refractivity (Wildman–Crippen MR) is 115 cm³/mol. The average Bonchev–Trinajstić information content (AvgIpc) is 3.32. The van der Waals surface area contributed by atoms with Crippen LogP contribution in [0.5, 0.6) is 0 Å². The number of hydrogen-bond acceptors (Lipinski definition) is 3. The Hall–Kier alpha value is -3.35. The molecule has 0 aliphatic carbocycles. The number of carbonyl (C=O) groups excluding carboxylic acids is 3. The SMILES string of the molecule is Cc1cc(C(=O)CN2C(=O)N[C@H](Cc3c[nH]c4ccccc34)C2=O)c(C)n1C(C)C. The van der Waals surface area contributed by atoms with Crippen LogP contribution in [0.1, 0.15) is 47.2 Å². The second kappa shape index (κ2) is 7.48. The Morgan fingerprint density at radius 1 is 1.17 bits per heavy atom. The van der Waals surface area contributed by atoms with Crippen LogP contribution >= 0.6 is 0 Å². The summed E-state index contributed by atoms with van der Waals surface area (Å²) in [4.78, 5) is 42.5. The lowest BCUT2D eigenvalue weighted by molar-refractivity contribution is -0.127. The molecule has 1 aliphatic heterocycles. The molecule has 3 aromatic rings. The number of aromatic nitrogens is 2. The third-order valence-electron chi connectivity index (χ3n) is 5.81. The number of para-hydroxylation sites is 1. The lowest BCUT2D eigenvalue weighted by atomic mass is 10.0. The first-order valence-electron chi connectivity index (χ1n) is 10.2. The number of nitrogens with zero attached hydrogens (tertiary/aromatic N) is 2. The molecule has 0 saturated carbocycles. The van der Waals surface area contributed by atoms with Crippen LogP contribution in [0.25, 0.3) is 10.9 Å². The number of urea groups is 1. The molecular weight excluding hydrogens is 380 g/mol. The Balaban J connectivity index is 1.51. The van der Waals surface area contributed by atoms with E-state index in [4.69, 9.17) is 0 Å². The van der Waals surface area contributed by atoms with Gasteiger partial charge in [0.2, 0.25) is 0 Å². The summed E-state index contributed by atoms with van der Waals surface area (Å²) < 4.78 is 2.08. The third-order valence-corrected chi connectivity index (χ3v) is 5.81. The van der Waals surface area contributed by atoms with Gasteiger partial charge in [-0.25, -0.2) is 4.79 Å². The van der Waals surface area contributed by atoms with Gasteiger partial charge in [0, 0.05) is 46.5 Å². The van der Waals surface area contributed by atoms with Crippen molar-refractivity contribution in [2.75, 3.05) is 6.54 Å². The van der Waals surface area contributed by atoms with Crippen molar-refractivity contribution in [1.29, 1.82) is 0 Å². The van der Waals surface area contributed by atoms with Crippen molar-refractivity contribution in [2.24, 2.45) is 0 Å². The molecule has 156 valence electrons. The number of H-pyrrole nitrogens is 1. The quantitative estimate of drug-likeness (QED) is 0.485. The number of imide groups is 1. The van der Waals surface area contributed by atoms with E-state index in [9.17, 15) is 14.4 Å². The van der Waals surface area contributed by atoms with Crippen LogP contribution < -0.4 is 5.32 Å². The minimum absolute atomic E-state index is 0.226. The molecule has 1 atom stereocenters. The zero-order valence-corrected chi connectivity index (χ0v) is 17.7. The van der Waals surface area contributed by atoms with E-state index >= 15 is 0 Å².